The minimum absolute atomic E-state index is 0.126. The fourth-order valence-corrected chi connectivity index (χ4v) is 4.05. The number of nitrogens with one attached hydrogen (secondary N) is 2. The van der Waals surface area contributed by atoms with Gasteiger partial charge in [-0.15, -0.1) is 11.3 Å². The first-order valence-electron chi connectivity index (χ1n) is 7.11. The number of nitrogens with zero attached hydrogens (tertiary/aromatic N) is 2. The monoisotopic (exact) mass is 442 g/mol. The van der Waals surface area contributed by atoms with Crippen LogP contribution < -0.4 is 10.6 Å². The van der Waals surface area contributed by atoms with Crippen LogP contribution in [-0.2, 0) is 15.1 Å². The van der Waals surface area contributed by atoms with Crippen molar-refractivity contribution in [3.8, 4) is 0 Å². The molecule has 3 rings (SSSR count). The van der Waals surface area contributed by atoms with Crippen LogP contribution in [0.4, 0.5) is 10.5 Å². The molecular weight excluding hydrogens is 432 g/mol. The summed E-state index contributed by atoms with van der Waals surface area (Å²) in [5, 5.41) is 5.31. The molecule has 130 valence electrons. The van der Waals surface area contributed by atoms with E-state index in [1.807, 2.05) is 0 Å². The van der Waals surface area contributed by atoms with Gasteiger partial charge in [0, 0.05) is 11.1 Å². The number of hydrogen-bond donors (Lipinski definition) is 2. The molecule has 1 unspecified atom stereocenters. The number of halogens is 2. The lowest BCUT2D eigenvalue weighted by atomic mass is 10.0. The van der Waals surface area contributed by atoms with Gasteiger partial charge in [0.1, 0.15) is 6.54 Å². The largest absolute Gasteiger partial charge is 0.325 e. The third kappa shape index (κ3) is 3.39. The Morgan fingerprint density at radius 2 is 2.20 bits per heavy atom. The number of carbonyl (C=O) groups excluding carboxylic acids is 3. The summed E-state index contributed by atoms with van der Waals surface area (Å²) in [6.45, 7) is 1.19. The summed E-state index contributed by atoms with van der Waals surface area (Å²) >= 11 is 10.6. The van der Waals surface area contributed by atoms with Crippen molar-refractivity contribution >= 4 is 62.4 Å². The molecule has 1 saturated heterocycles. The second-order valence-corrected chi connectivity index (χ2v) is 8.26. The van der Waals surface area contributed by atoms with Crippen LogP contribution in [0.2, 0.25) is 5.15 Å². The highest BCUT2D eigenvalue weighted by Crippen LogP contribution is 2.35. The molecule has 25 heavy (non-hydrogen) atoms. The lowest BCUT2D eigenvalue weighted by Crippen LogP contribution is -2.41. The highest BCUT2D eigenvalue weighted by Gasteiger charge is 2.50. The summed E-state index contributed by atoms with van der Waals surface area (Å²) in [5.74, 6) is -1.03. The van der Waals surface area contributed by atoms with Gasteiger partial charge in [-0.25, -0.2) is 9.78 Å². The third-order valence-electron chi connectivity index (χ3n) is 3.68. The molecule has 10 heteroatoms. The van der Waals surface area contributed by atoms with Crippen LogP contribution in [0.3, 0.4) is 0 Å². The Labute approximate surface area is 160 Å². The first-order chi connectivity index (χ1) is 11.8. The van der Waals surface area contributed by atoms with Crippen molar-refractivity contribution in [1.29, 1.82) is 0 Å². The molecule has 2 N–H and O–H groups in total. The zero-order valence-electron chi connectivity index (χ0n) is 12.9. The highest BCUT2D eigenvalue weighted by atomic mass is 79.9. The minimum Gasteiger partial charge on any atom is -0.322 e. The lowest BCUT2D eigenvalue weighted by molar-refractivity contribution is -0.133. The van der Waals surface area contributed by atoms with Gasteiger partial charge < -0.3 is 10.6 Å². The van der Waals surface area contributed by atoms with E-state index >= 15 is 0 Å². The van der Waals surface area contributed by atoms with E-state index in [1.54, 1.807) is 31.2 Å². The van der Waals surface area contributed by atoms with E-state index < -0.39 is 29.9 Å². The van der Waals surface area contributed by atoms with Crippen molar-refractivity contribution in [1.82, 2.24) is 15.2 Å². The normalized spacial score (nSPS) is 19.9. The van der Waals surface area contributed by atoms with Gasteiger partial charge >= 0.3 is 6.03 Å². The smallest absolute Gasteiger partial charge is 0.322 e. The number of aromatic nitrogens is 1. The number of rotatable bonds is 4. The number of pyridine rings is 1. The van der Waals surface area contributed by atoms with Crippen LogP contribution in [0.5, 0.6) is 0 Å². The average Bonchev–Trinajstić information content (AvgIpc) is 3.08. The summed E-state index contributed by atoms with van der Waals surface area (Å²) in [7, 11) is 0. The van der Waals surface area contributed by atoms with E-state index in [2.05, 4.69) is 31.5 Å². The fourth-order valence-electron chi connectivity index (χ4n) is 2.40. The Balaban J connectivity index is 1.75. The Morgan fingerprint density at radius 1 is 1.44 bits per heavy atom. The number of imide groups is 1. The maximum absolute atomic E-state index is 12.7. The third-order valence-corrected chi connectivity index (χ3v) is 5.82. The van der Waals surface area contributed by atoms with Gasteiger partial charge in [0.05, 0.1) is 9.47 Å². The molecule has 1 atom stereocenters. The molecule has 4 amide bonds. The molecule has 0 bridgehead atoms. The second-order valence-electron chi connectivity index (χ2n) is 5.44. The van der Waals surface area contributed by atoms with E-state index in [0.29, 0.717) is 10.6 Å². The molecule has 1 fully saturated rings. The predicted molar refractivity (Wildman–Crippen MR) is 97.5 cm³/mol. The van der Waals surface area contributed by atoms with Crippen molar-refractivity contribution in [2.24, 2.45) is 0 Å². The molecule has 2 aromatic rings. The molecule has 1 aliphatic heterocycles. The first kappa shape index (κ1) is 17.8. The van der Waals surface area contributed by atoms with Crippen molar-refractivity contribution in [2.45, 2.75) is 12.5 Å². The van der Waals surface area contributed by atoms with Crippen molar-refractivity contribution in [2.75, 3.05) is 11.9 Å². The standard InChI is InChI=1S/C15H12BrClN4O3S/c1-15(9-4-5-10(16)25-9)13(23)21(14(24)20-15)7-11(22)19-8-3-2-6-18-12(8)17/h2-6H,7H2,1H3,(H,19,22)(H,20,24). The van der Waals surface area contributed by atoms with Crippen molar-refractivity contribution in [3.05, 3.63) is 44.3 Å². The maximum Gasteiger partial charge on any atom is 0.325 e. The number of anilines is 1. The Bertz CT molecular complexity index is 874. The molecule has 3 heterocycles. The Morgan fingerprint density at radius 3 is 2.84 bits per heavy atom. The van der Waals surface area contributed by atoms with Crippen molar-refractivity contribution < 1.29 is 14.4 Å². The first-order valence-corrected chi connectivity index (χ1v) is 9.10. The average molecular weight is 444 g/mol. The zero-order valence-corrected chi connectivity index (χ0v) is 16.0. The lowest BCUT2D eigenvalue weighted by Gasteiger charge is -2.20. The van der Waals surface area contributed by atoms with Crippen LogP contribution in [0.15, 0.2) is 34.2 Å². The molecule has 0 saturated carbocycles. The highest BCUT2D eigenvalue weighted by molar-refractivity contribution is 9.11. The summed E-state index contributed by atoms with van der Waals surface area (Å²) in [4.78, 5) is 42.5. The number of hydrogen-bond acceptors (Lipinski definition) is 5. The summed E-state index contributed by atoms with van der Waals surface area (Å²) in [6.07, 6.45) is 1.49. The SMILES string of the molecule is CC1(c2ccc(Br)s2)NC(=O)N(CC(=O)Nc2cccnc2Cl)C1=O. The number of carbonyl (C=O) groups is 3. The van der Waals surface area contributed by atoms with Gasteiger partial charge in [0.25, 0.3) is 5.91 Å². The quantitative estimate of drug-likeness (QED) is 0.561. The molecule has 7 nitrogen and oxygen atoms in total. The van der Waals surface area contributed by atoms with E-state index in [-0.39, 0.29) is 5.15 Å². The fraction of sp³-hybridized carbons (Fsp3) is 0.200. The van der Waals surface area contributed by atoms with Gasteiger partial charge in [-0.05, 0) is 47.1 Å². The van der Waals surface area contributed by atoms with Crippen LogP contribution in [0.25, 0.3) is 0 Å². The predicted octanol–water partition coefficient (Wildman–Crippen LogP) is 2.96. The molecule has 0 radical (unpaired) electrons. The van der Waals surface area contributed by atoms with E-state index in [0.717, 1.165) is 8.69 Å². The number of amides is 4. The number of thiophene rings is 1. The zero-order chi connectivity index (χ0) is 18.2. The summed E-state index contributed by atoms with van der Waals surface area (Å²) < 4.78 is 0.841. The van der Waals surface area contributed by atoms with Crippen molar-refractivity contribution in [3.63, 3.8) is 0 Å². The van der Waals surface area contributed by atoms with Crippen LogP contribution in [-0.4, -0.2) is 34.3 Å². The van der Waals surface area contributed by atoms with E-state index in [9.17, 15) is 14.4 Å². The van der Waals surface area contributed by atoms with E-state index in [1.165, 1.54) is 17.5 Å². The topological polar surface area (TPSA) is 91.4 Å². The van der Waals surface area contributed by atoms with Gasteiger partial charge in [-0.1, -0.05) is 11.6 Å². The Kier molecular flexibility index (Phi) is 4.81. The van der Waals surface area contributed by atoms with E-state index in [4.69, 9.17) is 11.6 Å². The second kappa shape index (κ2) is 6.74. The summed E-state index contributed by atoms with van der Waals surface area (Å²) in [5.41, 5.74) is -0.883. The molecule has 0 aromatic carbocycles. The van der Waals surface area contributed by atoms with Gasteiger partial charge in [0.15, 0.2) is 10.7 Å². The van der Waals surface area contributed by atoms with Gasteiger partial charge in [-0.3, -0.25) is 14.5 Å². The van der Waals surface area contributed by atoms with Crippen LogP contribution in [0.1, 0.15) is 11.8 Å². The molecule has 0 aliphatic carbocycles. The molecule has 1 aliphatic rings. The Hall–Kier alpha value is -1.97. The minimum atomic E-state index is -1.19. The van der Waals surface area contributed by atoms with Gasteiger partial charge in [0.2, 0.25) is 5.91 Å². The molecular formula is C15H12BrClN4O3S. The number of urea groups is 1. The van der Waals surface area contributed by atoms with Crippen LogP contribution in [0, 0.1) is 0 Å². The molecule has 2 aromatic heterocycles. The van der Waals surface area contributed by atoms with Crippen LogP contribution >= 0.6 is 38.9 Å². The summed E-state index contributed by atoms with van der Waals surface area (Å²) in [6, 6.07) is 6.12. The maximum atomic E-state index is 12.7. The van der Waals surface area contributed by atoms with Gasteiger partial charge in [-0.2, -0.15) is 0 Å². The molecule has 0 spiro atoms.